The third kappa shape index (κ3) is 2.21. The van der Waals surface area contributed by atoms with Crippen LogP contribution in [-0.2, 0) is 6.54 Å². The number of carboxylic acid groups (broad SMARTS) is 1. The van der Waals surface area contributed by atoms with Crippen molar-refractivity contribution in [3.05, 3.63) is 46.4 Å². The van der Waals surface area contributed by atoms with E-state index in [2.05, 4.69) is 6.58 Å². The summed E-state index contributed by atoms with van der Waals surface area (Å²) in [7, 11) is 0. The van der Waals surface area contributed by atoms with Crippen molar-refractivity contribution in [1.82, 2.24) is 4.57 Å². The van der Waals surface area contributed by atoms with Crippen molar-refractivity contribution in [2.24, 2.45) is 0 Å². The number of aromatic carboxylic acids is 1. The first-order valence-electron chi connectivity index (χ1n) is 5.07. The highest BCUT2D eigenvalue weighted by atomic mass is 16.4. The summed E-state index contributed by atoms with van der Waals surface area (Å²) in [6.45, 7) is 7.80. The number of carbonyl (C=O) groups is 1. The van der Waals surface area contributed by atoms with Gasteiger partial charge in [0.15, 0.2) is 0 Å². The SMILES string of the molecule is C=CCn1c(C(C)C)ccc(C(=O)O)c1=O. The smallest absolute Gasteiger partial charge is 0.341 e. The van der Waals surface area contributed by atoms with Crippen LogP contribution in [0.3, 0.4) is 0 Å². The second-order valence-corrected chi connectivity index (χ2v) is 3.84. The molecule has 0 fully saturated rings. The Bertz CT molecular complexity index is 472. The molecule has 1 heterocycles. The van der Waals surface area contributed by atoms with Gasteiger partial charge in [0.25, 0.3) is 5.56 Å². The Morgan fingerprint density at radius 1 is 1.56 bits per heavy atom. The predicted molar refractivity (Wildman–Crippen MR) is 61.9 cm³/mol. The van der Waals surface area contributed by atoms with Gasteiger partial charge in [-0.1, -0.05) is 19.9 Å². The maximum atomic E-state index is 11.9. The maximum Gasteiger partial charge on any atom is 0.341 e. The van der Waals surface area contributed by atoms with Crippen LogP contribution >= 0.6 is 0 Å². The molecule has 1 rings (SSSR count). The van der Waals surface area contributed by atoms with Gasteiger partial charge in [0, 0.05) is 12.2 Å². The minimum Gasteiger partial charge on any atom is -0.477 e. The molecule has 16 heavy (non-hydrogen) atoms. The molecule has 0 atom stereocenters. The number of carboxylic acids is 1. The van der Waals surface area contributed by atoms with Crippen LogP contribution in [0.1, 0.15) is 35.8 Å². The van der Waals surface area contributed by atoms with E-state index >= 15 is 0 Å². The van der Waals surface area contributed by atoms with E-state index in [4.69, 9.17) is 5.11 Å². The standard InChI is InChI=1S/C12H15NO3/c1-4-7-13-10(8(2)3)6-5-9(11(13)14)12(15)16/h4-6,8H,1,7H2,2-3H3,(H,15,16). The van der Waals surface area contributed by atoms with Crippen molar-refractivity contribution in [2.45, 2.75) is 26.3 Å². The zero-order valence-electron chi connectivity index (χ0n) is 9.43. The number of aromatic nitrogens is 1. The zero-order chi connectivity index (χ0) is 12.3. The van der Waals surface area contributed by atoms with E-state index in [1.807, 2.05) is 13.8 Å². The van der Waals surface area contributed by atoms with Gasteiger partial charge in [-0.2, -0.15) is 0 Å². The Balaban J connectivity index is 3.47. The van der Waals surface area contributed by atoms with E-state index < -0.39 is 11.5 Å². The number of rotatable bonds is 4. The molecular weight excluding hydrogens is 206 g/mol. The minimum absolute atomic E-state index is 0.162. The lowest BCUT2D eigenvalue weighted by atomic mass is 10.1. The van der Waals surface area contributed by atoms with E-state index in [0.29, 0.717) is 6.54 Å². The average Bonchev–Trinajstić information content (AvgIpc) is 2.20. The highest BCUT2D eigenvalue weighted by Crippen LogP contribution is 2.13. The van der Waals surface area contributed by atoms with E-state index in [1.54, 1.807) is 12.1 Å². The van der Waals surface area contributed by atoms with E-state index in [0.717, 1.165) is 5.69 Å². The lowest BCUT2D eigenvalue weighted by Crippen LogP contribution is -2.28. The van der Waals surface area contributed by atoms with Crippen molar-refractivity contribution >= 4 is 5.97 Å². The third-order valence-corrected chi connectivity index (χ3v) is 2.34. The van der Waals surface area contributed by atoms with Crippen molar-refractivity contribution in [3.8, 4) is 0 Å². The fraction of sp³-hybridized carbons (Fsp3) is 0.333. The van der Waals surface area contributed by atoms with Gasteiger partial charge >= 0.3 is 5.97 Å². The van der Waals surface area contributed by atoms with Crippen LogP contribution in [0.5, 0.6) is 0 Å². The molecule has 86 valence electrons. The van der Waals surface area contributed by atoms with Crippen molar-refractivity contribution in [3.63, 3.8) is 0 Å². The van der Waals surface area contributed by atoms with Crippen LogP contribution in [0.15, 0.2) is 29.6 Å². The molecule has 0 aliphatic rings. The molecule has 0 aliphatic carbocycles. The minimum atomic E-state index is -1.20. The summed E-state index contributed by atoms with van der Waals surface area (Å²) in [5, 5.41) is 8.85. The van der Waals surface area contributed by atoms with Gasteiger partial charge in [-0.05, 0) is 18.1 Å². The molecule has 0 unspecified atom stereocenters. The zero-order valence-corrected chi connectivity index (χ0v) is 9.43. The molecular formula is C12H15NO3. The Morgan fingerprint density at radius 2 is 2.19 bits per heavy atom. The molecule has 0 amide bonds. The largest absolute Gasteiger partial charge is 0.477 e. The molecule has 0 saturated heterocycles. The first-order valence-corrected chi connectivity index (χ1v) is 5.07. The number of hydrogen-bond donors (Lipinski definition) is 1. The Hall–Kier alpha value is -1.84. The summed E-state index contributed by atoms with van der Waals surface area (Å²) in [5.41, 5.74) is 0.139. The van der Waals surface area contributed by atoms with Crippen LogP contribution in [0.2, 0.25) is 0 Å². The van der Waals surface area contributed by atoms with Crippen LogP contribution in [-0.4, -0.2) is 15.6 Å². The molecule has 0 aliphatic heterocycles. The highest BCUT2D eigenvalue weighted by Gasteiger charge is 2.14. The predicted octanol–water partition coefficient (Wildman–Crippen LogP) is 1.86. The van der Waals surface area contributed by atoms with Crippen LogP contribution in [0, 0.1) is 0 Å². The van der Waals surface area contributed by atoms with Gasteiger partial charge in [0.2, 0.25) is 0 Å². The van der Waals surface area contributed by atoms with Gasteiger partial charge in [-0.25, -0.2) is 4.79 Å². The van der Waals surface area contributed by atoms with E-state index in [-0.39, 0.29) is 11.5 Å². The van der Waals surface area contributed by atoms with Gasteiger partial charge in [-0.3, -0.25) is 4.79 Å². The van der Waals surface area contributed by atoms with Crippen LogP contribution < -0.4 is 5.56 Å². The summed E-state index contributed by atoms with van der Waals surface area (Å²) in [6, 6.07) is 3.04. The summed E-state index contributed by atoms with van der Waals surface area (Å²) < 4.78 is 1.45. The third-order valence-electron chi connectivity index (χ3n) is 2.34. The van der Waals surface area contributed by atoms with Gasteiger partial charge < -0.3 is 9.67 Å². The Morgan fingerprint density at radius 3 is 2.62 bits per heavy atom. The highest BCUT2D eigenvalue weighted by molar-refractivity contribution is 5.87. The van der Waals surface area contributed by atoms with Gasteiger partial charge in [0.05, 0.1) is 0 Å². The molecule has 0 saturated carbocycles. The lowest BCUT2D eigenvalue weighted by molar-refractivity contribution is 0.0694. The fourth-order valence-corrected chi connectivity index (χ4v) is 1.58. The quantitative estimate of drug-likeness (QED) is 0.789. The molecule has 0 aromatic carbocycles. The Kier molecular flexibility index (Phi) is 3.66. The molecule has 1 aromatic rings. The first kappa shape index (κ1) is 12.2. The lowest BCUT2D eigenvalue weighted by Gasteiger charge is -2.14. The summed E-state index contributed by atoms with van der Waals surface area (Å²) in [4.78, 5) is 22.7. The number of hydrogen-bond acceptors (Lipinski definition) is 2. The fourth-order valence-electron chi connectivity index (χ4n) is 1.58. The van der Waals surface area contributed by atoms with Crippen molar-refractivity contribution < 1.29 is 9.90 Å². The van der Waals surface area contributed by atoms with Crippen molar-refractivity contribution in [1.29, 1.82) is 0 Å². The summed E-state index contributed by atoms with van der Waals surface area (Å²) in [6.07, 6.45) is 1.58. The van der Waals surface area contributed by atoms with Gasteiger partial charge in [0.1, 0.15) is 5.56 Å². The molecule has 4 nitrogen and oxygen atoms in total. The number of nitrogens with zero attached hydrogens (tertiary/aromatic N) is 1. The van der Waals surface area contributed by atoms with E-state index in [9.17, 15) is 9.59 Å². The normalized spacial score (nSPS) is 10.4. The number of allylic oxidation sites excluding steroid dienone is 1. The molecule has 1 aromatic heterocycles. The molecule has 0 spiro atoms. The monoisotopic (exact) mass is 221 g/mol. The molecule has 0 radical (unpaired) electrons. The van der Waals surface area contributed by atoms with E-state index in [1.165, 1.54) is 10.6 Å². The van der Waals surface area contributed by atoms with Crippen LogP contribution in [0.25, 0.3) is 0 Å². The first-order chi connectivity index (χ1) is 7.49. The average molecular weight is 221 g/mol. The second-order valence-electron chi connectivity index (χ2n) is 3.84. The Labute approximate surface area is 93.8 Å². The second kappa shape index (κ2) is 4.79. The molecule has 4 heteroatoms. The summed E-state index contributed by atoms with van der Waals surface area (Å²) in [5.74, 6) is -1.03. The summed E-state index contributed by atoms with van der Waals surface area (Å²) >= 11 is 0. The number of pyridine rings is 1. The van der Waals surface area contributed by atoms with Crippen LogP contribution in [0.4, 0.5) is 0 Å². The van der Waals surface area contributed by atoms with Gasteiger partial charge in [-0.15, -0.1) is 6.58 Å². The maximum absolute atomic E-state index is 11.9. The van der Waals surface area contributed by atoms with Crippen molar-refractivity contribution in [2.75, 3.05) is 0 Å². The molecule has 0 bridgehead atoms. The molecule has 1 N–H and O–H groups in total. The topological polar surface area (TPSA) is 59.3 Å².